The van der Waals surface area contributed by atoms with Gasteiger partial charge in [0.15, 0.2) is 0 Å². The van der Waals surface area contributed by atoms with Gasteiger partial charge in [-0.05, 0) is 66.2 Å². The lowest BCUT2D eigenvalue weighted by Crippen LogP contribution is -1.88. The molecule has 0 aliphatic rings. The van der Waals surface area contributed by atoms with Gasteiger partial charge in [0.05, 0.1) is 25.6 Å². The van der Waals surface area contributed by atoms with E-state index >= 15 is 0 Å². The summed E-state index contributed by atoms with van der Waals surface area (Å²) in [4.78, 5) is 0. The van der Waals surface area contributed by atoms with Gasteiger partial charge >= 0.3 is 0 Å². The molecule has 0 spiro atoms. The van der Waals surface area contributed by atoms with Crippen LogP contribution < -0.4 is 9.47 Å². The molecule has 0 fully saturated rings. The summed E-state index contributed by atoms with van der Waals surface area (Å²) in [5.41, 5.74) is 4.21. The van der Waals surface area contributed by atoms with Crippen LogP contribution in [-0.2, 0) is 7.05 Å². The van der Waals surface area contributed by atoms with Crippen LogP contribution in [0.15, 0.2) is 73.1 Å². The number of methoxy groups -OCH3 is 2. The third kappa shape index (κ3) is 5.23. The number of rotatable bonds is 4. The Labute approximate surface area is 165 Å². The average Bonchev–Trinajstić information content (AvgIpc) is 3.41. The number of aromatic nitrogens is 4. The first kappa shape index (κ1) is 20.8. The van der Waals surface area contributed by atoms with Crippen LogP contribution in [0.4, 0.5) is 0 Å². The highest BCUT2D eigenvalue weighted by Gasteiger charge is 2.00. The molecular formula is C22H26N4O2. The molecule has 0 atom stereocenters. The number of H-pyrrole nitrogens is 1. The highest BCUT2D eigenvalue weighted by atomic mass is 16.5. The summed E-state index contributed by atoms with van der Waals surface area (Å²) in [7, 11) is 5.23. The van der Waals surface area contributed by atoms with Crippen molar-refractivity contribution in [1.29, 1.82) is 0 Å². The van der Waals surface area contributed by atoms with E-state index in [4.69, 9.17) is 9.47 Å². The second-order valence-electron chi connectivity index (χ2n) is 5.80. The van der Waals surface area contributed by atoms with Crippen molar-refractivity contribution >= 4 is 0 Å². The fourth-order valence-electron chi connectivity index (χ4n) is 2.52. The van der Waals surface area contributed by atoms with Gasteiger partial charge in [-0.2, -0.15) is 10.2 Å². The fourth-order valence-corrected chi connectivity index (χ4v) is 2.52. The molecular weight excluding hydrogens is 352 g/mol. The van der Waals surface area contributed by atoms with Gasteiger partial charge in [-0.1, -0.05) is 7.43 Å². The molecule has 6 heteroatoms. The number of nitrogens with zero attached hydrogens (tertiary/aromatic N) is 3. The maximum absolute atomic E-state index is 5.08. The largest absolute Gasteiger partial charge is 0.497 e. The third-order valence-electron chi connectivity index (χ3n) is 4.00. The standard InChI is InChI=1S/C11H12N2O.C10H10N2O.CH4/c1-13-8-7-11(12-13)9-3-5-10(14-2)6-4-9;1-13-9-4-2-8(3-5-9)10-6-7-11-12-10;/h3-8H,1-2H3;2-7H,1H3,(H,11,12);1H4. The van der Waals surface area contributed by atoms with Gasteiger partial charge in [0.2, 0.25) is 0 Å². The SMILES string of the molecule is C.COc1ccc(-c2ccn(C)n2)cc1.COc1ccc(-c2ccn[nH]2)cc1. The predicted molar refractivity (Wildman–Crippen MR) is 113 cm³/mol. The Bertz CT molecular complexity index is 943. The van der Waals surface area contributed by atoms with E-state index in [2.05, 4.69) is 15.3 Å². The van der Waals surface area contributed by atoms with Crippen molar-refractivity contribution in [1.82, 2.24) is 20.0 Å². The van der Waals surface area contributed by atoms with E-state index in [0.29, 0.717) is 0 Å². The molecule has 0 unspecified atom stereocenters. The second kappa shape index (κ2) is 9.97. The topological polar surface area (TPSA) is 65.0 Å². The van der Waals surface area contributed by atoms with E-state index in [-0.39, 0.29) is 7.43 Å². The Morgan fingerprint density at radius 3 is 1.79 bits per heavy atom. The number of hydrogen-bond acceptors (Lipinski definition) is 4. The number of benzene rings is 2. The molecule has 0 saturated carbocycles. The van der Waals surface area contributed by atoms with Crippen LogP contribution in [0.25, 0.3) is 22.5 Å². The Morgan fingerprint density at radius 2 is 1.36 bits per heavy atom. The van der Waals surface area contributed by atoms with Crippen LogP contribution in [0.2, 0.25) is 0 Å². The first-order valence-electron chi connectivity index (χ1n) is 8.47. The first-order valence-corrected chi connectivity index (χ1v) is 8.47. The average molecular weight is 378 g/mol. The quantitative estimate of drug-likeness (QED) is 0.553. The maximum Gasteiger partial charge on any atom is 0.118 e. The molecule has 0 radical (unpaired) electrons. The third-order valence-corrected chi connectivity index (χ3v) is 4.00. The molecule has 0 bridgehead atoms. The zero-order valence-corrected chi connectivity index (χ0v) is 15.6. The van der Waals surface area contributed by atoms with Gasteiger partial charge < -0.3 is 9.47 Å². The molecule has 2 aromatic carbocycles. The van der Waals surface area contributed by atoms with Gasteiger partial charge in [0.25, 0.3) is 0 Å². The molecule has 1 N–H and O–H groups in total. The molecule has 4 aromatic rings. The molecule has 146 valence electrons. The molecule has 0 aliphatic heterocycles. The van der Waals surface area contributed by atoms with Gasteiger partial charge in [-0.15, -0.1) is 0 Å². The first-order chi connectivity index (χ1) is 13.2. The Kier molecular flexibility index (Phi) is 7.39. The summed E-state index contributed by atoms with van der Waals surface area (Å²) in [5.74, 6) is 1.73. The molecule has 4 rings (SSSR count). The monoisotopic (exact) mass is 378 g/mol. The van der Waals surface area contributed by atoms with Crippen LogP contribution in [-0.4, -0.2) is 34.2 Å². The lowest BCUT2D eigenvalue weighted by atomic mass is 10.1. The van der Waals surface area contributed by atoms with Gasteiger partial charge in [-0.3, -0.25) is 9.78 Å². The Balaban J connectivity index is 0.000000194. The van der Waals surface area contributed by atoms with Crippen LogP contribution in [0.3, 0.4) is 0 Å². The van der Waals surface area contributed by atoms with E-state index in [9.17, 15) is 0 Å². The van der Waals surface area contributed by atoms with Gasteiger partial charge in [0, 0.05) is 25.0 Å². The smallest absolute Gasteiger partial charge is 0.118 e. The van der Waals surface area contributed by atoms with E-state index in [0.717, 1.165) is 34.0 Å². The van der Waals surface area contributed by atoms with E-state index in [1.54, 1.807) is 25.1 Å². The number of hydrogen-bond donors (Lipinski definition) is 1. The van der Waals surface area contributed by atoms with Crippen LogP contribution in [0, 0.1) is 0 Å². The molecule has 0 saturated heterocycles. The number of ether oxygens (including phenoxy) is 2. The van der Waals surface area contributed by atoms with Crippen molar-refractivity contribution in [2.75, 3.05) is 14.2 Å². The molecule has 0 aliphatic carbocycles. The van der Waals surface area contributed by atoms with Crippen molar-refractivity contribution in [3.05, 3.63) is 73.1 Å². The lowest BCUT2D eigenvalue weighted by molar-refractivity contribution is 0.415. The van der Waals surface area contributed by atoms with Crippen molar-refractivity contribution < 1.29 is 9.47 Å². The van der Waals surface area contributed by atoms with Crippen molar-refractivity contribution in [2.45, 2.75) is 7.43 Å². The zero-order chi connectivity index (χ0) is 19.1. The molecule has 2 aromatic heterocycles. The van der Waals surface area contributed by atoms with Crippen LogP contribution in [0.5, 0.6) is 11.5 Å². The van der Waals surface area contributed by atoms with E-state index in [1.165, 1.54) is 0 Å². The summed E-state index contributed by atoms with van der Waals surface area (Å²) in [6.45, 7) is 0. The van der Waals surface area contributed by atoms with Crippen molar-refractivity contribution in [3.8, 4) is 34.0 Å². The highest BCUT2D eigenvalue weighted by molar-refractivity contribution is 5.60. The molecule has 0 amide bonds. The van der Waals surface area contributed by atoms with E-state index < -0.39 is 0 Å². The van der Waals surface area contributed by atoms with Gasteiger partial charge in [0.1, 0.15) is 11.5 Å². The Morgan fingerprint density at radius 1 is 0.786 bits per heavy atom. The normalized spacial score (nSPS) is 9.68. The van der Waals surface area contributed by atoms with Crippen LogP contribution in [0.1, 0.15) is 7.43 Å². The number of nitrogens with one attached hydrogen (secondary N) is 1. The minimum absolute atomic E-state index is 0. The summed E-state index contributed by atoms with van der Waals surface area (Å²) in [5, 5.41) is 11.1. The summed E-state index contributed by atoms with van der Waals surface area (Å²) >= 11 is 0. The number of aromatic amines is 1. The summed E-state index contributed by atoms with van der Waals surface area (Å²) < 4.78 is 11.9. The number of aryl methyl sites for hydroxylation is 1. The van der Waals surface area contributed by atoms with Gasteiger partial charge in [-0.25, -0.2) is 0 Å². The molecule has 6 nitrogen and oxygen atoms in total. The zero-order valence-electron chi connectivity index (χ0n) is 15.6. The van der Waals surface area contributed by atoms with E-state index in [1.807, 2.05) is 73.9 Å². The van der Waals surface area contributed by atoms with Crippen LogP contribution >= 0.6 is 0 Å². The maximum atomic E-state index is 5.08. The highest BCUT2D eigenvalue weighted by Crippen LogP contribution is 2.20. The second-order valence-corrected chi connectivity index (χ2v) is 5.80. The molecule has 2 heterocycles. The lowest BCUT2D eigenvalue weighted by Gasteiger charge is -2.00. The summed E-state index contributed by atoms with van der Waals surface area (Å²) in [6, 6.07) is 19.6. The fraction of sp³-hybridized carbons (Fsp3) is 0.182. The summed E-state index contributed by atoms with van der Waals surface area (Å²) in [6.07, 6.45) is 3.67. The predicted octanol–water partition coefficient (Wildman–Crippen LogP) is 4.82. The van der Waals surface area contributed by atoms with Crippen molar-refractivity contribution in [3.63, 3.8) is 0 Å². The molecule has 28 heavy (non-hydrogen) atoms. The van der Waals surface area contributed by atoms with Crippen molar-refractivity contribution in [2.24, 2.45) is 7.05 Å². The minimum atomic E-state index is 0. The minimum Gasteiger partial charge on any atom is -0.497 e. The Hall–Kier alpha value is -3.54.